The molecule has 0 saturated carbocycles. The van der Waals surface area contributed by atoms with Gasteiger partial charge in [0.15, 0.2) is 11.3 Å². The molecule has 0 atom stereocenters. The van der Waals surface area contributed by atoms with Crippen LogP contribution in [0.15, 0.2) is 136 Å². The third-order valence-electron chi connectivity index (χ3n) is 6.30. The van der Waals surface area contributed by atoms with Gasteiger partial charge in [-0.05, 0) is 43.3 Å². The van der Waals surface area contributed by atoms with Gasteiger partial charge < -0.3 is 9.72 Å². The highest BCUT2D eigenvalue weighted by Crippen LogP contribution is 2.40. The Bertz CT molecular complexity index is 1840. The Morgan fingerprint density at radius 3 is 1.98 bits per heavy atom. The van der Waals surface area contributed by atoms with Gasteiger partial charge in [0.25, 0.3) is 0 Å². The maximum atomic E-state index is 12.0. The lowest BCUT2D eigenvalue weighted by Crippen LogP contribution is -2.03. The van der Waals surface area contributed by atoms with Crippen LogP contribution in [0.2, 0.25) is 0 Å². The lowest BCUT2D eigenvalue weighted by molar-refractivity contribution is 0.0526. The molecule has 0 radical (unpaired) electrons. The normalized spacial score (nSPS) is 11.5. The highest BCUT2D eigenvalue weighted by atomic mass is 16.5. The van der Waals surface area contributed by atoms with Crippen LogP contribution in [0, 0.1) is 0 Å². The van der Waals surface area contributed by atoms with Crippen molar-refractivity contribution >= 4 is 34.5 Å². The summed E-state index contributed by atoms with van der Waals surface area (Å²) in [6.45, 7) is 2.09. The van der Waals surface area contributed by atoms with Crippen LogP contribution < -0.4 is 0 Å². The quantitative estimate of drug-likeness (QED) is 0.154. The van der Waals surface area contributed by atoms with Crippen molar-refractivity contribution in [1.29, 1.82) is 0 Å². The molecule has 9 nitrogen and oxygen atoms in total. The van der Waals surface area contributed by atoms with E-state index < -0.39 is 0 Å². The Balaban J connectivity index is 1.49. The van der Waals surface area contributed by atoms with E-state index in [1.165, 1.54) is 0 Å². The second-order valence-electron chi connectivity index (χ2n) is 9.02. The summed E-state index contributed by atoms with van der Waals surface area (Å²) in [4.78, 5) is 15.5. The van der Waals surface area contributed by atoms with Crippen molar-refractivity contribution in [3.05, 3.63) is 121 Å². The molecule has 0 saturated heterocycles. The van der Waals surface area contributed by atoms with E-state index in [1.54, 1.807) is 35.7 Å². The molecule has 0 aliphatic heterocycles. The summed E-state index contributed by atoms with van der Waals surface area (Å²) in [6, 6.07) is 36.0. The lowest BCUT2D eigenvalue weighted by Gasteiger charge is -2.02. The SMILES string of the molecule is CCOC(=O)c1ccc(N=Nc2c(-c3ccccc3)nn3c(N=Nc4ccccc4)c(-c4ccccc4)[nH]c23)cc1. The monoisotopic (exact) mass is 539 g/mol. The van der Waals surface area contributed by atoms with Gasteiger partial charge >= 0.3 is 5.97 Å². The Morgan fingerprint density at radius 1 is 0.732 bits per heavy atom. The average Bonchev–Trinajstić information content (AvgIpc) is 3.57. The van der Waals surface area contributed by atoms with Crippen LogP contribution in [0.25, 0.3) is 28.2 Å². The van der Waals surface area contributed by atoms with Gasteiger partial charge in [0.2, 0.25) is 5.82 Å². The summed E-state index contributed by atoms with van der Waals surface area (Å²) >= 11 is 0. The first-order valence-electron chi connectivity index (χ1n) is 13.1. The Kier molecular flexibility index (Phi) is 7.23. The van der Waals surface area contributed by atoms with Crippen LogP contribution in [0.3, 0.4) is 0 Å². The Hall–Kier alpha value is -5.70. The minimum atomic E-state index is -0.377. The number of hydrogen-bond acceptors (Lipinski definition) is 7. The maximum Gasteiger partial charge on any atom is 0.338 e. The fourth-order valence-corrected chi connectivity index (χ4v) is 4.33. The summed E-state index contributed by atoms with van der Waals surface area (Å²) in [5.41, 5.74) is 6.12. The number of aromatic nitrogens is 3. The van der Waals surface area contributed by atoms with E-state index in [0.717, 1.165) is 22.5 Å². The molecule has 0 aliphatic carbocycles. The van der Waals surface area contributed by atoms with E-state index in [0.29, 0.717) is 40.7 Å². The largest absolute Gasteiger partial charge is 0.462 e. The molecule has 0 bridgehead atoms. The fraction of sp³-hybridized carbons (Fsp3) is 0.0625. The topological polar surface area (TPSA) is 109 Å². The summed E-state index contributed by atoms with van der Waals surface area (Å²) in [5.74, 6) is 0.158. The number of hydrogen-bond donors (Lipinski definition) is 1. The third-order valence-corrected chi connectivity index (χ3v) is 6.30. The third kappa shape index (κ3) is 5.41. The number of H-pyrrole nitrogens is 1. The van der Waals surface area contributed by atoms with Crippen molar-refractivity contribution in [2.75, 3.05) is 6.61 Å². The van der Waals surface area contributed by atoms with Gasteiger partial charge in [-0.3, -0.25) is 0 Å². The second kappa shape index (κ2) is 11.6. The summed E-state index contributed by atoms with van der Waals surface area (Å²) < 4.78 is 6.79. The van der Waals surface area contributed by atoms with E-state index >= 15 is 0 Å². The molecule has 0 spiro atoms. The number of nitrogens with zero attached hydrogens (tertiary/aromatic N) is 6. The predicted octanol–water partition coefficient (Wildman–Crippen LogP) is 9.00. The number of rotatable bonds is 8. The molecule has 0 fully saturated rings. The number of carbonyl (C=O) groups is 1. The first kappa shape index (κ1) is 25.6. The van der Waals surface area contributed by atoms with E-state index in [-0.39, 0.29) is 5.97 Å². The lowest BCUT2D eigenvalue weighted by atomic mass is 10.1. The number of imidazole rings is 1. The van der Waals surface area contributed by atoms with Crippen LogP contribution >= 0.6 is 0 Å². The van der Waals surface area contributed by atoms with Crippen LogP contribution in [-0.4, -0.2) is 27.2 Å². The molecular formula is C32H25N7O2. The molecule has 0 amide bonds. The molecular weight excluding hydrogens is 514 g/mol. The molecule has 6 rings (SSSR count). The number of azo groups is 2. The summed E-state index contributed by atoms with van der Waals surface area (Å²) in [6.07, 6.45) is 0. The first-order chi connectivity index (χ1) is 20.2. The molecule has 9 heteroatoms. The number of aromatic amines is 1. The van der Waals surface area contributed by atoms with Crippen LogP contribution in [0.5, 0.6) is 0 Å². The molecule has 2 aromatic heterocycles. The van der Waals surface area contributed by atoms with Crippen LogP contribution in [-0.2, 0) is 4.74 Å². The fourth-order valence-electron chi connectivity index (χ4n) is 4.33. The number of esters is 1. The molecule has 1 N–H and O–H groups in total. The van der Waals surface area contributed by atoms with E-state index in [4.69, 9.17) is 9.84 Å². The van der Waals surface area contributed by atoms with Crippen molar-refractivity contribution < 1.29 is 9.53 Å². The molecule has 2 heterocycles. The van der Waals surface area contributed by atoms with Crippen molar-refractivity contribution in [1.82, 2.24) is 14.6 Å². The van der Waals surface area contributed by atoms with Crippen molar-refractivity contribution in [3.63, 3.8) is 0 Å². The van der Waals surface area contributed by atoms with Gasteiger partial charge in [-0.15, -0.1) is 15.3 Å². The zero-order chi connectivity index (χ0) is 28.0. The molecule has 41 heavy (non-hydrogen) atoms. The maximum absolute atomic E-state index is 12.0. The number of nitrogens with one attached hydrogen (secondary N) is 1. The highest BCUT2D eigenvalue weighted by Gasteiger charge is 2.22. The Morgan fingerprint density at radius 2 is 1.32 bits per heavy atom. The van der Waals surface area contributed by atoms with Crippen molar-refractivity contribution in [2.24, 2.45) is 20.5 Å². The van der Waals surface area contributed by atoms with Crippen molar-refractivity contribution in [2.45, 2.75) is 6.92 Å². The molecule has 200 valence electrons. The first-order valence-corrected chi connectivity index (χ1v) is 13.1. The standard InChI is InChI=1S/C32H25N7O2/c1-2-41-32(40)24-18-20-26(21-19-24)34-36-29-27(22-12-6-3-7-13-22)38-39-30(29)33-28(23-14-8-4-9-15-23)31(39)37-35-25-16-10-5-11-17-25/h3-21,33H,2H2,1H3. The van der Waals surface area contributed by atoms with Gasteiger partial charge in [0, 0.05) is 11.1 Å². The molecule has 4 aromatic carbocycles. The smallest absolute Gasteiger partial charge is 0.338 e. The van der Waals surface area contributed by atoms with Crippen LogP contribution in [0.4, 0.5) is 22.9 Å². The highest BCUT2D eigenvalue weighted by molar-refractivity contribution is 5.90. The van der Waals surface area contributed by atoms with Crippen LogP contribution in [0.1, 0.15) is 17.3 Å². The minimum Gasteiger partial charge on any atom is -0.462 e. The second-order valence-corrected chi connectivity index (χ2v) is 9.02. The van der Waals surface area contributed by atoms with E-state index in [9.17, 15) is 4.79 Å². The van der Waals surface area contributed by atoms with Gasteiger partial charge in [0.1, 0.15) is 5.69 Å². The number of carbonyl (C=O) groups excluding carboxylic acids is 1. The predicted molar refractivity (Wildman–Crippen MR) is 158 cm³/mol. The summed E-state index contributed by atoms with van der Waals surface area (Å²) in [5, 5.41) is 23.2. The molecule has 6 aromatic rings. The Labute approximate surface area is 235 Å². The van der Waals surface area contributed by atoms with Gasteiger partial charge in [0.05, 0.1) is 29.2 Å². The van der Waals surface area contributed by atoms with E-state index in [2.05, 4.69) is 25.4 Å². The zero-order valence-electron chi connectivity index (χ0n) is 22.2. The van der Waals surface area contributed by atoms with E-state index in [1.807, 2.05) is 91.0 Å². The van der Waals surface area contributed by atoms with Gasteiger partial charge in [-0.25, -0.2) is 4.79 Å². The number of ether oxygens (including phenoxy) is 1. The van der Waals surface area contributed by atoms with Crippen molar-refractivity contribution in [3.8, 4) is 22.5 Å². The number of benzene rings is 4. The molecule has 0 aliphatic rings. The minimum absolute atomic E-state index is 0.314. The zero-order valence-corrected chi connectivity index (χ0v) is 22.2. The summed E-state index contributed by atoms with van der Waals surface area (Å²) in [7, 11) is 0. The van der Waals surface area contributed by atoms with Gasteiger partial charge in [-0.2, -0.15) is 14.7 Å². The average molecular weight is 540 g/mol. The van der Waals surface area contributed by atoms with Gasteiger partial charge in [-0.1, -0.05) is 78.9 Å². The number of fused-ring (bicyclic) bond motifs is 1. The molecule has 0 unspecified atom stereocenters.